The maximum atomic E-state index is 12.4. The van der Waals surface area contributed by atoms with Crippen molar-refractivity contribution < 1.29 is 9.59 Å². The highest BCUT2D eigenvalue weighted by Crippen LogP contribution is 2.14. The SMILES string of the molecule is C/C(=C\C(=O)N(C)CCCCN(C)C(=O)/C=C(\C)c1ccccc1)c1ccccc1. The van der Waals surface area contributed by atoms with Crippen LogP contribution in [0.25, 0.3) is 11.1 Å². The van der Waals surface area contributed by atoms with Crippen molar-refractivity contribution in [3.8, 4) is 0 Å². The molecule has 2 amide bonds. The average Bonchev–Trinajstić information content (AvgIpc) is 2.77. The number of rotatable bonds is 9. The fourth-order valence-corrected chi connectivity index (χ4v) is 3.08. The third-order valence-electron chi connectivity index (χ3n) is 5.13. The number of nitrogens with zero attached hydrogens (tertiary/aromatic N) is 2. The van der Waals surface area contributed by atoms with Crippen LogP contribution in [-0.2, 0) is 9.59 Å². The first-order valence-corrected chi connectivity index (χ1v) is 10.4. The van der Waals surface area contributed by atoms with E-state index in [1.807, 2.05) is 88.6 Å². The van der Waals surface area contributed by atoms with Crippen LogP contribution < -0.4 is 0 Å². The summed E-state index contributed by atoms with van der Waals surface area (Å²) in [5.74, 6) is 0.00408. The Labute approximate surface area is 180 Å². The van der Waals surface area contributed by atoms with Crippen molar-refractivity contribution in [2.45, 2.75) is 26.7 Å². The van der Waals surface area contributed by atoms with Crippen molar-refractivity contribution in [2.75, 3.05) is 27.2 Å². The molecular weight excluding hydrogens is 372 g/mol. The average molecular weight is 405 g/mol. The molecule has 0 N–H and O–H groups in total. The Bertz CT molecular complexity index is 810. The first-order valence-electron chi connectivity index (χ1n) is 10.4. The number of amides is 2. The van der Waals surface area contributed by atoms with Crippen LogP contribution in [0.2, 0.25) is 0 Å². The van der Waals surface area contributed by atoms with E-state index in [-0.39, 0.29) is 11.8 Å². The number of likely N-dealkylation sites (N-methyl/N-ethyl adjacent to an activating group) is 2. The van der Waals surface area contributed by atoms with Crippen molar-refractivity contribution in [2.24, 2.45) is 0 Å². The van der Waals surface area contributed by atoms with E-state index in [0.29, 0.717) is 13.1 Å². The van der Waals surface area contributed by atoms with Crippen LogP contribution in [0.15, 0.2) is 72.8 Å². The number of hydrogen-bond donors (Lipinski definition) is 0. The van der Waals surface area contributed by atoms with Gasteiger partial charge in [-0.2, -0.15) is 0 Å². The molecule has 0 saturated carbocycles. The first kappa shape index (κ1) is 23.1. The third-order valence-corrected chi connectivity index (χ3v) is 5.13. The molecule has 0 fully saturated rings. The van der Waals surface area contributed by atoms with Gasteiger partial charge in [-0.05, 0) is 49.0 Å². The number of benzene rings is 2. The predicted molar refractivity (Wildman–Crippen MR) is 125 cm³/mol. The minimum absolute atomic E-state index is 0.00204. The lowest BCUT2D eigenvalue weighted by Crippen LogP contribution is -2.29. The second kappa shape index (κ2) is 11.8. The molecule has 158 valence electrons. The number of carbonyl (C=O) groups excluding carboxylic acids is 2. The second-order valence-corrected chi connectivity index (χ2v) is 7.61. The molecule has 0 unspecified atom stereocenters. The van der Waals surface area contributed by atoms with Gasteiger partial charge in [-0.25, -0.2) is 0 Å². The Balaban J connectivity index is 1.75. The van der Waals surface area contributed by atoms with Gasteiger partial charge in [0.2, 0.25) is 11.8 Å². The fourth-order valence-electron chi connectivity index (χ4n) is 3.08. The fraction of sp³-hybridized carbons (Fsp3) is 0.308. The molecule has 0 aliphatic rings. The predicted octanol–water partition coefficient (Wildman–Crippen LogP) is 4.89. The lowest BCUT2D eigenvalue weighted by molar-refractivity contribution is -0.126. The monoisotopic (exact) mass is 404 g/mol. The van der Waals surface area contributed by atoms with E-state index < -0.39 is 0 Å². The molecule has 0 aliphatic carbocycles. The first-order chi connectivity index (χ1) is 14.4. The van der Waals surface area contributed by atoms with Crippen molar-refractivity contribution in [3.63, 3.8) is 0 Å². The van der Waals surface area contributed by atoms with Crippen LogP contribution in [0, 0.1) is 0 Å². The molecule has 2 rings (SSSR count). The van der Waals surface area contributed by atoms with Crippen LogP contribution in [-0.4, -0.2) is 48.8 Å². The van der Waals surface area contributed by atoms with Crippen LogP contribution in [0.1, 0.15) is 37.8 Å². The zero-order valence-corrected chi connectivity index (χ0v) is 18.5. The minimum Gasteiger partial charge on any atom is -0.342 e. The van der Waals surface area contributed by atoms with Crippen LogP contribution in [0.5, 0.6) is 0 Å². The van der Waals surface area contributed by atoms with Gasteiger partial charge in [0.1, 0.15) is 0 Å². The molecule has 0 aromatic heterocycles. The van der Waals surface area contributed by atoms with E-state index in [2.05, 4.69) is 0 Å². The third kappa shape index (κ3) is 7.36. The normalized spacial score (nSPS) is 11.9. The largest absolute Gasteiger partial charge is 0.342 e. The number of hydrogen-bond acceptors (Lipinski definition) is 2. The molecule has 2 aromatic carbocycles. The maximum Gasteiger partial charge on any atom is 0.246 e. The van der Waals surface area contributed by atoms with E-state index in [1.165, 1.54) is 0 Å². The quantitative estimate of drug-likeness (QED) is 0.441. The van der Waals surface area contributed by atoms with Crippen LogP contribution in [0.4, 0.5) is 0 Å². The summed E-state index contributed by atoms with van der Waals surface area (Å²) >= 11 is 0. The second-order valence-electron chi connectivity index (χ2n) is 7.61. The zero-order valence-electron chi connectivity index (χ0n) is 18.5. The Morgan fingerprint density at radius 3 is 1.33 bits per heavy atom. The highest BCUT2D eigenvalue weighted by molar-refractivity contribution is 5.95. The van der Waals surface area contributed by atoms with E-state index in [9.17, 15) is 9.59 Å². The molecule has 0 aliphatic heterocycles. The summed E-state index contributed by atoms with van der Waals surface area (Å²) in [5, 5.41) is 0. The van der Waals surface area contributed by atoms with Gasteiger partial charge in [0.15, 0.2) is 0 Å². The number of unbranched alkanes of at least 4 members (excludes halogenated alkanes) is 1. The molecule has 2 aromatic rings. The lowest BCUT2D eigenvalue weighted by Gasteiger charge is -2.18. The Hall–Kier alpha value is -3.14. The molecule has 0 heterocycles. The summed E-state index contributed by atoms with van der Waals surface area (Å²) in [6, 6.07) is 19.8. The summed E-state index contributed by atoms with van der Waals surface area (Å²) in [5.41, 5.74) is 4.02. The summed E-state index contributed by atoms with van der Waals surface area (Å²) in [6.45, 7) is 5.23. The van der Waals surface area contributed by atoms with Crippen molar-refractivity contribution >= 4 is 23.0 Å². The Morgan fingerprint density at radius 1 is 0.667 bits per heavy atom. The van der Waals surface area contributed by atoms with E-state index in [0.717, 1.165) is 35.1 Å². The van der Waals surface area contributed by atoms with Gasteiger partial charge >= 0.3 is 0 Å². The standard InChI is InChI=1S/C26H32N2O2/c1-21(23-13-7-5-8-14-23)19-25(29)27(3)17-11-12-18-28(4)26(30)20-22(2)24-15-9-6-10-16-24/h5-10,13-16,19-20H,11-12,17-18H2,1-4H3/b21-19+,22-20+. The zero-order chi connectivity index (χ0) is 21.9. The van der Waals surface area contributed by atoms with Gasteiger partial charge < -0.3 is 9.80 Å². The summed E-state index contributed by atoms with van der Waals surface area (Å²) < 4.78 is 0. The maximum absolute atomic E-state index is 12.4. The van der Waals surface area contributed by atoms with Gasteiger partial charge in [-0.1, -0.05) is 60.7 Å². The van der Waals surface area contributed by atoms with E-state index in [4.69, 9.17) is 0 Å². The molecule has 0 atom stereocenters. The molecule has 4 heteroatoms. The van der Waals surface area contributed by atoms with Gasteiger partial charge in [0, 0.05) is 39.3 Å². The summed E-state index contributed by atoms with van der Waals surface area (Å²) in [6.07, 6.45) is 5.06. The smallest absolute Gasteiger partial charge is 0.246 e. The van der Waals surface area contributed by atoms with Crippen LogP contribution in [0.3, 0.4) is 0 Å². The Kier molecular flexibility index (Phi) is 9.07. The van der Waals surface area contributed by atoms with E-state index >= 15 is 0 Å². The summed E-state index contributed by atoms with van der Waals surface area (Å²) in [4.78, 5) is 28.3. The van der Waals surface area contributed by atoms with Crippen molar-refractivity contribution in [1.29, 1.82) is 0 Å². The van der Waals surface area contributed by atoms with Crippen LogP contribution >= 0.6 is 0 Å². The summed E-state index contributed by atoms with van der Waals surface area (Å²) in [7, 11) is 3.63. The molecule has 0 spiro atoms. The molecule has 30 heavy (non-hydrogen) atoms. The van der Waals surface area contributed by atoms with Crippen molar-refractivity contribution in [1.82, 2.24) is 9.80 Å². The molecule has 0 bridgehead atoms. The number of allylic oxidation sites excluding steroid dienone is 2. The number of carbonyl (C=O) groups is 2. The molecule has 0 saturated heterocycles. The van der Waals surface area contributed by atoms with E-state index in [1.54, 1.807) is 22.0 Å². The van der Waals surface area contributed by atoms with Gasteiger partial charge in [-0.15, -0.1) is 0 Å². The highest BCUT2D eigenvalue weighted by atomic mass is 16.2. The highest BCUT2D eigenvalue weighted by Gasteiger charge is 2.09. The minimum atomic E-state index is 0.00204. The topological polar surface area (TPSA) is 40.6 Å². The van der Waals surface area contributed by atoms with Gasteiger partial charge in [-0.3, -0.25) is 9.59 Å². The lowest BCUT2D eigenvalue weighted by atomic mass is 10.1. The van der Waals surface area contributed by atoms with Crippen molar-refractivity contribution in [3.05, 3.63) is 83.9 Å². The Morgan fingerprint density at radius 2 is 1.00 bits per heavy atom. The molecule has 0 radical (unpaired) electrons. The van der Waals surface area contributed by atoms with Gasteiger partial charge in [0.05, 0.1) is 0 Å². The van der Waals surface area contributed by atoms with Gasteiger partial charge in [0.25, 0.3) is 0 Å². The molecule has 4 nitrogen and oxygen atoms in total. The molecular formula is C26H32N2O2.